The van der Waals surface area contributed by atoms with Gasteiger partial charge in [-0.1, -0.05) is 0 Å². The van der Waals surface area contributed by atoms with Crippen molar-refractivity contribution in [2.24, 2.45) is 0 Å². The Balaban J connectivity index is 2.18. The van der Waals surface area contributed by atoms with Gasteiger partial charge in [-0.2, -0.15) is 24.5 Å². The average Bonchev–Trinajstić information content (AvgIpc) is 3.06. The predicted octanol–water partition coefficient (Wildman–Crippen LogP) is 4.36. The number of ether oxygens (including phenoxy) is 2. The molecule has 0 saturated heterocycles. The van der Waals surface area contributed by atoms with Crippen molar-refractivity contribution in [1.82, 2.24) is 4.90 Å². The fraction of sp³-hybridized carbons (Fsp3) is 0.312. The molecule has 5 nitrogen and oxygen atoms in total. The molecule has 25 heavy (non-hydrogen) atoms. The summed E-state index contributed by atoms with van der Waals surface area (Å²) >= 11 is 1.35. The van der Waals surface area contributed by atoms with Gasteiger partial charge in [0.2, 0.25) is 0 Å². The van der Waals surface area contributed by atoms with Crippen molar-refractivity contribution in [1.29, 1.82) is 0 Å². The smallest absolute Gasteiger partial charge is 0.406 e. The molecule has 0 aliphatic carbocycles. The van der Waals surface area contributed by atoms with Crippen LogP contribution >= 0.6 is 11.3 Å². The Kier molecular flexibility index (Phi) is 6.13. The SMILES string of the molecule is COc1ccc(NC(=O)N(Cc2ccsc2)CC(F)(F)F)c(OC)c1. The molecule has 0 aliphatic rings. The van der Waals surface area contributed by atoms with Gasteiger partial charge in [0.05, 0.1) is 19.9 Å². The van der Waals surface area contributed by atoms with Crippen LogP contribution in [0.25, 0.3) is 0 Å². The van der Waals surface area contributed by atoms with Crippen molar-refractivity contribution in [2.75, 3.05) is 26.1 Å². The van der Waals surface area contributed by atoms with E-state index in [2.05, 4.69) is 5.32 Å². The molecular weight excluding hydrogens is 357 g/mol. The highest BCUT2D eigenvalue weighted by Crippen LogP contribution is 2.29. The molecule has 1 heterocycles. The number of carbonyl (C=O) groups is 1. The minimum Gasteiger partial charge on any atom is -0.497 e. The number of methoxy groups -OCH3 is 2. The van der Waals surface area contributed by atoms with E-state index in [1.165, 1.54) is 37.7 Å². The molecule has 0 unspecified atom stereocenters. The molecule has 0 bridgehead atoms. The number of rotatable bonds is 6. The zero-order valence-electron chi connectivity index (χ0n) is 13.6. The number of amides is 2. The number of urea groups is 1. The van der Waals surface area contributed by atoms with Gasteiger partial charge in [0.25, 0.3) is 0 Å². The van der Waals surface area contributed by atoms with Gasteiger partial charge in [-0.15, -0.1) is 0 Å². The number of alkyl halides is 3. The minimum atomic E-state index is -4.50. The second-order valence-corrected chi connectivity index (χ2v) is 5.88. The van der Waals surface area contributed by atoms with Crippen LogP contribution in [0.15, 0.2) is 35.0 Å². The summed E-state index contributed by atoms with van der Waals surface area (Å²) in [6, 6.07) is 5.42. The van der Waals surface area contributed by atoms with Gasteiger partial charge in [-0.05, 0) is 34.5 Å². The van der Waals surface area contributed by atoms with Crippen molar-refractivity contribution in [2.45, 2.75) is 12.7 Å². The second kappa shape index (κ2) is 8.11. The Hall–Kier alpha value is -2.42. The highest BCUT2D eigenvalue weighted by atomic mass is 32.1. The lowest BCUT2D eigenvalue weighted by atomic mass is 10.2. The van der Waals surface area contributed by atoms with Crippen molar-refractivity contribution in [3.8, 4) is 11.5 Å². The molecule has 0 fully saturated rings. The summed E-state index contributed by atoms with van der Waals surface area (Å²) in [5, 5.41) is 5.90. The first kappa shape index (κ1) is 18.9. The van der Waals surface area contributed by atoms with Crippen LogP contribution in [0.3, 0.4) is 0 Å². The highest BCUT2D eigenvalue weighted by molar-refractivity contribution is 7.07. The molecule has 1 aromatic heterocycles. The summed E-state index contributed by atoms with van der Waals surface area (Å²) in [7, 11) is 2.86. The van der Waals surface area contributed by atoms with E-state index in [0.717, 1.165) is 0 Å². The molecular formula is C16H17F3N2O3S. The van der Waals surface area contributed by atoms with E-state index in [-0.39, 0.29) is 18.0 Å². The fourth-order valence-corrected chi connectivity index (χ4v) is 2.77. The first-order valence-corrected chi connectivity index (χ1v) is 8.12. The van der Waals surface area contributed by atoms with Gasteiger partial charge in [0, 0.05) is 12.6 Å². The second-order valence-electron chi connectivity index (χ2n) is 5.10. The molecule has 2 amide bonds. The Morgan fingerprint density at radius 1 is 1.24 bits per heavy atom. The number of anilines is 1. The maximum atomic E-state index is 12.8. The molecule has 1 aromatic carbocycles. The standard InChI is InChI=1S/C16H17F3N2O3S/c1-23-12-3-4-13(14(7-12)24-2)20-15(22)21(10-16(17,18)19)8-11-5-6-25-9-11/h3-7,9H,8,10H2,1-2H3,(H,20,22). The third-order valence-corrected chi connectivity index (χ3v) is 3.99. The Bertz CT molecular complexity index is 705. The van der Waals surface area contributed by atoms with Gasteiger partial charge in [-0.3, -0.25) is 0 Å². The predicted molar refractivity (Wildman–Crippen MR) is 89.3 cm³/mol. The zero-order valence-corrected chi connectivity index (χ0v) is 14.4. The minimum absolute atomic E-state index is 0.146. The number of hydrogen-bond donors (Lipinski definition) is 1. The summed E-state index contributed by atoms with van der Waals surface area (Å²) < 4.78 is 48.6. The summed E-state index contributed by atoms with van der Waals surface area (Å²) in [5.41, 5.74) is 0.886. The van der Waals surface area contributed by atoms with Crippen LogP contribution in [-0.2, 0) is 6.54 Å². The number of thiophene rings is 1. The monoisotopic (exact) mass is 374 g/mol. The fourth-order valence-electron chi connectivity index (χ4n) is 2.11. The Labute approximate surface area is 147 Å². The van der Waals surface area contributed by atoms with E-state index in [0.29, 0.717) is 16.2 Å². The van der Waals surface area contributed by atoms with Crippen molar-refractivity contribution < 1.29 is 27.4 Å². The summed E-state index contributed by atoms with van der Waals surface area (Å²) in [5.74, 6) is 0.787. The highest BCUT2D eigenvalue weighted by Gasteiger charge is 2.33. The van der Waals surface area contributed by atoms with Crippen molar-refractivity contribution in [3.05, 3.63) is 40.6 Å². The lowest BCUT2D eigenvalue weighted by molar-refractivity contribution is -0.140. The first-order chi connectivity index (χ1) is 11.8. The molecule has 2 aromatic rings. The maximum absolute atomic E-state index is 12.8. The van der Waals surface area contributed by atoms with Crippen LogP contribution < -0.4 is 14.8 Å². The molecule has 0 spiro atoms. The lowest BCUT2D eigenvalue weighted by Crippen LogP contribution is -2.41. The molecule has 9 heteroatoms. The molecule has 0 aliphatic heterocycles. The van der Waals surface area contributed by atoms with Gasteiger partial charge < -0.3 is 19.7 Å². The van der Waals surface area contributed by atoms with Crippen LogP contribution in [0, 0.1) is 0 Å². The number of carbonyl (C=O) groups excluding carboxylic acids is 1. The number of nitrogens with zero attached hydrogens (tertiary/aromatic N) is 1. The largest absolute Gasteiger partial charge is 0.497 e. The quantitative estimate of drug-likeness (QED) is 0.817. The van der Waals surface area contributed by atoms with Crippen molar-refractivity contribution >= 4 is 23.1 Å². The van der Waals surface area contributed by atoms with Crippen molar-refractivity contribution in [3.63, 3.8) is 0 Å². The van der Waals surface area contributed by atoms with Crippen LogP contribution in [0.2, 0.25) is 0 Å². The van der Waals surface area contributed by atoms with E-state index in [1.807, 2.05) is 0 Å². The van der Waals surface area contributed by atoms with Crippen LogP contribution in [-0.4, -0.2) is 37.9 Å². The zero-order chi connectivity index (χ0) is 18.4. The van der Waals surface area contributed by atoms with Gasteiger partial charge in [0.15, 0.2) is 0 Å². The number of halogens is 3. The van der Waals surface area contributed by atoms with E-state index in [4.69, 9.17) is 9.47 Å². The van der Waals surface area contributed by atoms with E-state index < -0.39 is 18.8 Å². The Morgan fingerprint density at radius 3 is 2.56 bits per heavy atom. The third kappa shape index (κ3) is 5.56. The molecule has 136 valence electrons. The van der Waals surface area contributed by atoms with Gasteiger partial charge in [0.1, 0.15) is 18.0 Å². The normalized spacial score (nSPS) is 11.1. The van der Waals surface area contributed by atoms with E-state index >= 15 is 0 Å². The summed E-state index contributed by atoms with van der Waals surface area (Å²) in [6.07, 6.45) is -4.50. The topological polar surface area (TPSA) is 50.8 Å². The molecule has 0 atom stereocenters. The summed E-state index contributed by atoms with van der Waals surface area (Å²) in [6.45, 7) is -1.50. The molecule has 0 saturated carbocycles. The molecule has 1 N–H and O–H groups in total. The summed E-state index contributed by atoms with van der Waals surface area (Å²) in [4.78, 5) is 13.1. The van der Waals surface area contributed by atoms with Crippen LogP contribution in [0.1, 0.15) is 5.56 Å². The average molecular weight is 374 g/mol. The van der Waals surface area contributed by atoms with E-state index in [9.17, 15) is 18.0 Å². The maximum Gasteiger partial charge on any atom is 0.406 e. The lowest BCUT2D eigenvalue weighted by Gasteiger charge is -2.24. The first-order valence-electron chi connectivity index (χ1n) is 7.18. The molecule has 0 radical (unpaired) electrons. The molecule has 2 rings (SSSR count). The van der Waals surface area contributed by atoms with Gasteiger partial charge >= 0.3 is 12.2 Å². The number of benzene rings is 1. The van der Waals surface area contributed by atoms with Gasteiger partial charge in [-0.25, -0.2) is 4.79 Å². The van der Waals surface area contributed by atoms with Crippen LogP contribution in [0.5, 0.6) is 11.5 Å². The Morgan fingerprint density at radius 2 is 2.00 bits per heavy atom. The van der Waals surface area contributed by atoms with Crippen LogP contribution in [0.4, 0.5) is 23.7 Å². The number of hydrogen-bond acceptors (Lipinski definition) is 4. The number of nitrogens with one attached hydrogen (secondary N) is 1. The third-order valence-electron chi connectivity index (χ3n) is 3.26. The van der Waals surface area contributed by atoms with E-state index in [1.54, 1.807) is 22.9 Å².